The molecular weight excluding hydrogens is 378 g/mol. The Bertz CT molecular complexity index is 965. The van der Waals surface area contributed by atoms with Crippen molar-refractivity contribution in [2.45, 2.75) is 0 Å². The van der Waals surface area contributed by atoms with Crippen LogP contribution in [0.3, 0.4) is 0 Å². The molecule has 0 unspecified atom stereocenters. The van der Waals surface area contributed by atoms with Gasteiger partial charge in [0.15, 0.2) is 0 Å². The Morgan fingerprint density at radius 2 is 1.79 bits per heavy atom. The first-order chi connectivity index (χ1) is 13.2. The van der Waals surface area contributed by atoms with E-state index in [0.717, 1.165) is 0 Å². The molecular formula is C17H14F2N4O5. The van der Waals surface area contributed by atoms with Crippen LogP contribution >= 0.6 is 0 Å². The number of carbonyl (C=O) groups is 3. The van der Waals surface area contributed by atoms with Gasteiger partial charge in [0.1, 0.15) is 5.82 Å². The fourth-order valence-corrected chi connectivity index (χ4v) is 2.14. The summed E-state index contributed by atoms with van der Waals surface area (Å²) in [6.45, 7) is -0.251. The van der Waals surface area contributed by atoms with E-state index in [2.05, 4.69) is 16.0 Å². The van der Waals surface area contributed by atoms with E-state index in [1.807, 2.05) is 0 Å². The second kappa shape index (κ2) is 8.66. The molecule has 2 aromatic carbocycles. The number of nitro benzene ring substituents is 1. The highest BCUT2D eigenvalue weighted by Gasteiger charge is 2.22. The van der Waals surface area contributed by atoms with Crippen molar-refractivity contribution >= 4 is 29.1 Å². The summed E-state index contributed by atoms with van der Waals surface area (Å²) in [5.74, 6) is -4.70. The first-order valence-electron chi connectivity index (χ1n) is 7.76. The zero-order chi connectivity index (χ0) is 20.8. The Labute approximate surface area is 156 Å². The highest BCUT2D eigenvalue weighted by atomic mass is 19.1. The lowest BCUT2D eigenvalue weighted by atomic mass is 10.1. The normalized spacial score (nSPS) is 10.1. The number of rotatable bonds is 6. The van der Waals surface area contributed by atoms with Crippen molar-refractivity contribution in [2.75, 3.05) is 18.9 Å². The predicted octanol–water partition coefficient (Wildman–Crippen LogP) is 1.60. The lowest BCUT2D eigenvalue weighted by Gasteiger charge is -2.09. The molecule has 2 aromatic rings. The smallest absolute Gasteiger partial charge is 0.307 e. The number of hydrogen-bond donors (Lipinski definition) is 3. The zero-order valence-corrected chi connectivity index (χ0v) is 14.4. The molecule has 0 aliphatic rings. The topological polar surface area (TPSA) is 130 Å². The number of likely N-dealkylation sites (N-methyl/N-ethyl adjacent to an activating group) is 1. The number of nitrogens with zero attached hydrogens (tertiary/aromatic N) is 1. The lowest BCUT2D eigenvalue weighted by molar-refractivity contribution is -0.387. The predicted molar refractivity (Wildman–Crippen MR) is 93.8 cm³/mol. The van der Waals surface area contributed by atoms with E-state index in [9.17, 15) is 33.3 Å². The number of anilines is 1. The van der Waals surface area contributed by atoms with Crippen molar-refractivity contribution in [3.8, 4) is 0 Å². The summed E-state index contributed by atoms with van der Waals surface area (Å²) in [5, 5.41) is 17.6. The maximum atomic E-state index is 13.9. The number of halogens is 2. The summed E-state index contributed by atoms with van der Waals surface area (Å²) in [7, 11) is 1.41. The minimum absolute atomic E-state index is 0.0933. The summed E-state index contributed by atoms with van der Waals surface area (Å²) in [6.07, 6.45) is 0. The number of nitrogens with one attached hydrogen (secondary N) is 3. The van der Waals surface area contributed by atoms with Gasteiger partial charge in [-0.15, -0.1) is 0 Å². The van der Waals surface area contributed by atoms with E-state index in [1.165, 1.54) is 31.3 Å². The van der Waals surface area contributed by atoms with E-state index in [0.29, 0.717) is 12.1 Å². The molecule has 2 rings (SSSR count). The molecule has 3 N–H and O–H groups in total. The van der Waals surface area contributed by atoms with E-state index >= 15 is 0 Å². The fourth-order valence-electron chi connectivity index (χ4n) is 2.14. The molecule has 0 saturated carbocycles. The van der Waals surface area contributed by atoms with Gasteiger partial charge in [-0.25, -0.2) is 4.39 Å². The third kappa shape index (κ3) is 4.84. The van der Waals surface area contributed by atoms with Crippen molar-refractivity contribution in [1.29, 1.82) is 0 Å². The van der Waals surface area contributed by atoms with E-state index in [4.69, 9.17) is 0 Å². The summed E-state index contributed by atoms with van der Waals surface area (Å²) >= 11 is 0. The Hall–Kier alpha value is -3.89. The molecule has 0 saturated heterocycles. The lowest BCUT2D eigenvalue weighted by Crippen LogP contribution is -2.35. The molecule has 28 heavy (non-hydrogen) atoms. The number of amides is 3. The van der Waals surface area contributed by atoms with Crippen molar-refractivity contribution < 1.29 is 28.1 Å². The minimum atomic E-state index is -1.36. The number of hydrogen-bond acceptors (Lipinski definition) is 5. The van der Waals surface area contributed by atoms with Crippen molar-refractivity contribution in [1.82, 2.24) is 10.6 Å². The van der Waals surface area contributed by atoms with Gasteiger partial charge in [-0.3, -0.25) is 24.5 Å². The summed E-state index contributed by atoms with van der Waals surface area (Å²) in [4.78, 5) is 44.8. The second-order valence-electron chi connectivity index (χ2n) is 5.43. The number of carbonyl (C=O) groups excluding carboxylic acids is 3. The summed E-state index contributed by atoms with van der Waals surface area (Å²) < 4.78 is 27.6. The average Bonchev–Trinajstić information content (AvgIpc) is 2.67. The molecule has 0 aliphatic carbocycles. The molecule has 11 heteroatoms. The molecule has 0 heterocycles. The van der Waals surface area contributed by atoms with Gasteiger partial charge in [-0.05, 0) is 24.3 Å². The van der Waals surface area contributed by atoms with Crippen molar-refractivity contribution in [3.05, 3.63) is 69.3 Å². The SMILES string of the molecule is CNC(=O)CNC(=O)c1cccc(NC(=O)c2cc(F)c([N+](=O)[O-])cc2F)c1. The molecule has 0 fully saturated rings. The molecule has 0 aliphatic heterocycles. The van der Waals surface area contributed by atoms with Gasteiger partial charge in [-0.1, -0.05) is 6.07 Å². The van der Waals surface area contributed by atoms with Crippen LogP contribution in [-0.2, 0) is 4.79 Å². The van der Waals surface area contributed by atoms with Crippen molar-refractivity contribution in [2.24, 2.45) is 0 Å². The summed E-state index contributed by atoms with van der Waals surface area (Å²) in [6, 6.07) is 6.23. The highest BCUT2D eigenvalue weighted by Crippen LogP contribution is 2.22. The first kappa shape index (κ1) is 20.4. The Morgan fingerprint density at radius 1 is 1.07 bits per heavy atom. The molecule has 0 aromatic heterocycles. The number of nitro groups is 1. The quantitative estimate of drug-likeness (QED) is 0.508. The second-order valence-corrected chi connectivity index (χ2v) is 5.43. The van der Waals surface area contributed by atoms with Crippen LogP contribution in [0.15, 0.2) is 36.4 Å². The van der Waals surface area contributed by atoms with Crippen LogP contribution in [0.4, 0.5) is 20.2 Å². The van der Waals surface area contributed by atoms with Gasteiger partial charge in [-0.2, -0.15) is 4.39 Å². The first-order valence-corrected chi connectivity index (χ1v) is 7.76. The maximum Gasteiger partial charge on any atom is 0.307 e. The summed E-state index contributed by atoms with van der Waals surface area (Å²) in [5.41, 5.74) is -1.63. The monoisotopic (exact) mass is 392 g/mol. The minimum Gasteiger partial charge on any atom is -0.358 e. The van der Waals surface area contributed by atoms with Gasteiger partial charge in [0.2, 0.25) is 11.7 Å². The Kier molecular flexibility index (Phi) is 6.32. The largest absolute Gasteiger partial charge is 0.358 e. The van der Waals surface area contributed by atoms with Gasteiger partial charge < -0.3 is 16.0 Å². The maximum absolute atomic E-state index is 13.9. The van der Waals surface area contributed by atoms with Gasteiger partial charge in [0.05, 0.1) is 23.1 Å². The third-order valence-corrected chi connectivity index (χ3v) is 3.55. The molecule has 0 bridgehead atoms. The molecule has 0 spiro atoms. The Morgan fingerprint density at radius 3 is 2.43 bits per heavy atom. The van der Waals surface area contributed by atoms with Crippen LogP contribution in [0.1, 0.15) is 20.7 Å². The third-order valence-electron chi connectivity index (χ3n) is 3.55. The van der Waals surface area contributed by atoms with Crippen LogP contribution in [0, 0.1) is 21.7 Å². The fraction of sp³-hybridized carbons (Fsp3) is 0.118. The van der Waals surface area contributed by atoms with Crippen LogP contribution in [0.5, 0.6) is 0 Å². The zero-order valence-electron chi connectivity index (χ0n) is 14.4. The Balaban J connectivity index is 2.17. The van der Waals surface area contributed by atoms with Crippen LogP contribution < -0.4 is 16.0 Å². The number of benzene rings is 2. The molecule has 9 nitrogen and oxygen atoms in total. The van der Waals surface area contributed by atoms with E-state index in [1.54, 1.807) is 0 Å². The molecule has 146 valence electrons. The van der Waals surface area contributed by atoms with Gasteiger partial charge >= 0.3 is 5.69 Å². The molecule has 0 atom stereocenters. The van der Waals surface area contributed by atoms with E-state index < -0.39 is 45.5 Å². The van der Waals surface area contributed by atoms with Crippen LogP contribution in [0.25, 0.3) is 0 Å². The van der Waals surface area contributed by atoms with Gasteiger partial charge in [0, 0.05) is 18.3 Å². The van der Waals surface area contributed by atoms with Crippen LogP contribution in [-0.4, -0.2) is 36.2 Å². The molecule has 0 radical (unpaired) electrons. The average molecular weight is 392 g/mol. The standard InChI is InChI=1S/C17H14F2N4O5/c1-20-15(24)8-21-16(25)9-3-2-4-10(5-9)22-17(26)11-6-13(19)14(23(27)28)7-12(11)18/h2-7H,8H2,1H3,(H,20,24)(H,21,25)(H,22,26). The van der Waals surface area contributed by atoms with Gasteiger partial charge in [0.25, 0.3) is 11.8 Å². The molecule has 3 amide bonds. The van der Waals surface area contributed by atoms with E-state index in [-0.39, 0.29) is 17.8 Å². The highest BCUT2D eigenvalue weighted by molar-refractivity contribution is 6.05. The van der Waals surface area contributed by atoms with Crippen molar-refractivity contribution in [3.63, 3.8) is 0 Å². The van der Waals surface area contributed by atoms with Crippen LogP contribution in [0.2, 0.25) is 0 Å².